The Hall–Kier alpha value is -4.69. The summed E-state index contributed by atoms with van der Waals surface area (Å²) >= 11 is 1.31. The van der Waals surface area contributed by atoms with Crippen LogP contribution in [0.2, 0.25) is 0 Å². The number of allylic oxidation sites excluding steroid dienone is 1. The molecule has 1 atom stereocenters. The SMILES string of the molecule is CCOC(=O)C1=C(C)N=c2s/c(=C\c3cn(Cc4ccccc4)c4ccccc34)c(=O)n2[C@@H]1c1ccccc1OC. The largest absolute Gasteiger partial charge is 0.496 e. The van der Waals surface area contributed by atoms with Gasteiger partial charge in [-0.25, -0.2) is 9.79 Å². The third-order valence-electron chi connectivity index (χ3n) is 7.25. The van der Waals surface area contributed by atoms with Crippen molar-refractivity contribution in [2.24, 2.45) is 4.99 Å². The third kappa shape index (κ3) is 4.80. The Labute approximate surface area is 240 Å². The van der Waals surface area contributed by atoms with E-state index in [0.29, 0.717) is 38.5 Å². The van der Waals surface area contributed by atoms with Crippen LogP contribution in [0.5, 0.6) is 5.75 Å². The van der Waals surface area contributed by atoms with E-state index in [1.165, 1.54) is 16.9 Å². The number of hydrogen-bond donors (Lipinski definition) is 0. The van der Waals surface area contributed by atoms with Gasteiger partial charge in [0.1, 0.15) is 11.8 Å². The number of para-hydroxylation sites is 2. The predicted molar refractivity (Wildman–Crippen MR) is 161 cm³/mol. The molecule has 8 heteroatoms. The number of hydrogen-bond acceptors (Lipinski definition) is 6. The molecule has 0 aliphatic carbocycles. The molecule has 3 heterocycles. The van der Waals surface area contributed by atoms with Gasteiger partial charge in [-0.1, -0.05) is 78.1 Å². The van der Waals surface area contributed by atoms with Gasteiger partial charge < -0.3 is 14.0 Å². The number of methoxy groups -OCH3 is 1. The summed E-state index contributed by atoms with van der Waals surface area (Å²) in [4.78, 5) is 32.6. The number of esters is 1. The third-order valence-corrected chi connectivity index (χ3v) is 8.24. The second-order valence-corrected chi connectivity index (χ2v) is 10.8. The maximum Gasteiger partial charge on any atom is 0.338 e. The fourth-order valence-corrected chi connectivity index (χ4v) is 6.46. The van der Waals surface area contributed by atoms with Crippen molar-refractivity contribution in [3.05, 3.63) is 133 Å². The zero-order valence-electron chi connectivity index (χ0n) is 23.0. The average molecular weight is 564 g/mol. The standard InChI is InChI=1S/C33H29N3O4S/c1-4-40-32(38)29-21(2)34-33-36(30(29)25-15-9-11-17-27(25)39-3)31(37)28(41-33)18-23-20-35(19-22-12-6-5-7-13-22)26-16-10-8-14-24(23)26/h5-18,20,30H,4,19H2,1-3H3/b28-18-/t30-/m1/s1. The lowest BCUT2D eigenvalue weighted by Gasteiger charge is -2.25. The summed E-state index contributed by atoms with van der Waals surface area (Å²) < 4.78 is 15.4. The predicted octanol–water partition coefficient (Wildman–Crippen LogP) is 4.81. The van der Waals surface area contributed by atoms with Crippen LogP contribution < -0.4 is 19.6 Å². The lowest BCUT2D eigenvalue weighted by Crippen LogP contribution is -2.40. The van der Waals surface area contributed by atoms with Gasteiger partial charge >= 0.3 is 5.97 Å². The lowest BCUT2D eigenvalue weighted by molar-refractivity contribution is -0.139. The van der Waals surface area contributed by atoms with Crippen molar-refractivity contribution in [2.75, 3.05) is 13.7 Å². The molecule has 0 bridgehead atoms. The van der Waals surface area contributed by atoms with Crippen LogP contribution in [0.4, 0.5) is 0 Å². The molecule has 2 aromatic heterocycles. The van der Waals surface area contributed by atoms with Crippen molar-refractivity contribution < 1.29 is 14.3 Å². The fraction of sp³-hybridized carbons (Fsp3) is 0.182. The van der Waals surface area contributed by atoms with Crippen LogP contribution in [0.1, 0.15) is 36.6 Å². The summed E-state index contributed by atoms with van der Waals surface area (Å²) in [7, 11) is 1.58. The van der Waals surface area contributed by atoms with Gasteiger partial charge in [-0.15, -0.1) is 0 Å². The molecule has 0 amide bonds. The Balaban J connectivity index is 1.54. The maximum atomic E-state index is 14.1. The van der Waals surface area contributed by atoms with Gasteiger partial charge in [0.05, 0.1) is 29.5 Å². The van der Waals surface area contributed by atoms with Crippen LogP contribution in [0, 0.1) is 0 Å². The van der Waals surface area contributed by atoms with Crippen LogP contribution in [0.3, 0.4) is 0 Å². The minimum absolute atomic E-state index is 0.214. The molecular weight excluding hydrogens is 534 g/mol. The number of benzene rings is 3. The summed E-state index contributed by atoms with van der Waals surface area (Å²) in [6.45, 7) is 4.47. The van der Waals surface area contributed by atoms with E-state index in [-0.39, 0.29) is 12.2 Å². The number of fused-ring (bicyclic) bond motifs is 2. The molecule has 3 aromatic carbocycles. The van der Waals surface area contributed by atoms with Crippen molar-refractivity contribution in [3.63, 3.8) is 0 Å². The number of carbonyl (C=O) groups is 1. The van der Waals surface area contributed by atoms with E-state index in [2.05, 4.69) is 35.0 Å². The maximum absolute atomic E-state index is 14.1. The number of carbonyl (C=O) groups excluding carboxylic acids is 1. The molecule has 0 unspecified atom stereocenters. The van der Waals surface area contributed by atoms with Gasteiger partial charge in [0.15, 0.2) is 4.80 Å². The van der Waals surface area contributed by atoms with E-state index in [1.807, 2.05) is 60.7 Å². The summed E-state index contributed by atoms with van der Waals surface area (Å²) in [5.74, 6) is 0.0791. The Morgan fingerprint density at radius 2 is 1.76 bits per heavy atom. The van der Waals surface area contributed by atoms with E-state index >= 15 is 0 Å². The summed E-state index contributed by atoms with van der Waals surface area (Å²) in [6, 6.07) is 25.2. The highest BCUT2D eigenvalue weighted by Gasteiger charge is 2.35. The molecule has 7 nitrogen and oxygen atoms in total. The molecule has 0 N–H and O–H groups in total. The fourth-order valence-electron chi connectivity index (χ4n) is 5.42. The normalized spacial score (nSPS) is 15.1. The molecule has 0 fully saturated rings. The molecule has 0 saturated heterocycles. The second kappa shape index (κ2) is 11.1. The molecule has 1 aliphatic heterocycles. The first kappa shape index (κ1) is 26.5. The molecular formula is C33H29N3O4S. The van der Waals surface area contributed by atoms with Gasteiger partial charge in [-0.2, -0.15) is 0 Å². The van der Waals surface area contributed by atoms with Gasteiger partial charge in [0.2, 0.25) is 0 Å². The quantitative estimate of drug-likeness (QED) is 0.267. The first-order chi connectivity index (χ1) is 20.0. The molecule has 6 rings (SSSR count). The molecule has 0 spiro atoms. The zero-order valence-corrected chi connectivity index (χ0v) is 23.9. The summed E-state index contributed by atoms with van der Waals surface area (Å²) in [5, 5.41) is 1.05. The van der Waals surface area contributed by atoms with Crippen LogP contribution in [-0.2, 0) is 16.1 Å². The Kier molecular flexibility index (Phi) is 7.15. The van der Waals surface area contributed by atoms with Crippen LogP contribution in [0.15, 0.2) is 106 Å². The highest BCUT2D eigenvalue weighted by Crippen LogP contribution is 2.35. The monoisotopic (exact) mass is 563 g/mol. The van der Waals surface area contributed by atoms with Crippen molar-refractivity contribution in [1.82, 2.24) is 9.13 Å². The van der Waals surface area contributed by atoms with E-state index < -0.39 is 12.0 Å². The number of aromatic nitrogens is 2. The topological polar surface area (TPSA) is 74.8 Å². The van der Waals surface area contributed by atoms with Crippen molar-refractivity contribution in [1.29, 1.82) is 0 Å². The van der Waals surface area contributed by atoms with E-state index in [4.69, 9.17) is 14.5 Å². The molecule has 0 radical (unpaired) electrons. The lowest BCUT2D eigenvalue weighted by atomic mass is 9.95. The van der Waals surface area contributed by atoms with Crippen LogP contribution >= 0.6 is 11.3 Å². The second-order valence-electron chi connectivity index (χ2n) is 9.76. The van der Waals surface area contributed by atoms with E-state index in [0.717, 1.165) is 16.5 Å². The number of nitrogens with zero attached hydrogens (tertiary/aromatic N) is 3. The van der Waals surface area contributed by atoms with Crippen molar-refractivity contribution in [3.8, 4) is 5.75 Å². The summed E-state index contributed by atoms with van der Waals surface area (Å²) in [5.41, 5.74) is 4.54. The van der Waals surface area contributed by atoms with Crippen molar-refractivity contribution >= 4 is 34.3 Å². The van der Waals surface area contributed by atoms with Gasteiger partial charge in [-0.3, -0.25) is 9.36 Å². The first-order valence-corrected chi connectivity index (χ1v) is 14.3. The van der Waals surface area contributed by atoms with Gasteiger partial charge in [0, 0.05) is 34.8 Å². The number of rotatable bonds is 7. The smallest absolute Gasteiger partial charge is 0.338 e. The van der Waals surface area contributed by atoms with Gasteiger partial charge in [0.25, 0.3) is 5.56 Å². The van der Waals surface area contributed by atoms with Crippen molar-refractivity contribution in [2.45, 2.75) is 26.4 Å². The Morgan fingerprint density at radius 1 is 1.02 bits per heavy atom. The molecule has 5 aromatic rings. The molecule has 1 aliphatic rings. The molecule has 0 saturated carbocycles. The van der Waals surface area contributed by atoms with E-state index in [9.17, 15) is 9.59 Å². The van der Waals surface area contributed by atoms with Crippen LogP contribution in [0.25, 0.3) is 17.0 Å². The zero-order chi connectivity index (χ0) is 28.5. The summed E-state index contributed by atoms with van der Waals surface area (Å²) in [6.07, 6.45) is 4.01. The Bertz CT molecular complexity index is 1980. The molecule has 41 heavy (non-hydrogen) atoms. The first-order valence-electron chi connectivity index (χ1n) is 13.4. The number of thiazole rings is 1. The minimum atomic E-state index is -0.733. The molecule has 206 valence electrons. The van der Waals surface area contributed by atoms with E-state index in [1.54, 1.807) is 25.5 Å². The van der Waals surface area contributed by atoms with Crippen LogP contribution in [-0.4, -0.2) is 28.8 Å². The highest BCUT2D eigenvalue weighted by molar-refractivity contribution is 7.07. The highest BCUT2D eigenvalue weighted by atomic mass is 32.1. The number of ether oxygens (including phenoxy) is 2. The van der Waals surface area contributed by atoms with Gasteiger partial charge in [-0.05, 0) is 37.6 Å². The average Bonchev–Trinajstić information content (AvgIpc) is 3.49. The Morgan fingerprint density at radius 3 is 2.54 bits per heavy atom. The minimum Gasteiger partial charge on any atom is -0.496 e.